The zero-order valence-electron chi connectivity index (χ0n) is 20.2. The number of carboxylic acids is 1. The van der Waals surface area contributed by atoms with E-state index in [-0.39, 0.29) is 12.4 Å². The number of carbonyl (C=O) groups is 2. The van der Waals surface area contributed by atoms with Crippen LogP contribution in [0.15, 0.2) is 78.9 Å². The van der Waals surface area contributed by atoms with Crippen LogP contribution in [0, 0.1) is 13.8 Å². The maximum atomic E-state index is 13.4. The summed E-state index contributed by atoms with van der Waals surface area (Å²) in [6.45, 7) is 6.42. The fraction of sp³-hybridized carbons (Fsp3) is 0.200. The average Bonchev–Trinajstić information content (AvgIpc) is 3.14. The number of ketones is 1. The Hall–Kier alpha value is -3.96. The standard InChI is InChI=1S/C30H29NO4/c1-20-10-16-25(17-11-20)29(32)28-21(2)31(27-9-5-4-8-26(27)28)18-6-7-23-12-14-24(15-13-23)19-35-22(3)30(33)34/h4-17,22H,18-19H2,1-3H3,(H,33,34)/t22-/m1/s1. The van der Waals surface area contributed by atoms with Crippen LogP contribution in [-0.2, 0) is 22.7 Å². The van der Waals surface area contributed by atoms with Crippen molar-refractivity contribution < 1.29 is 19.4 Å². The van der Waals surface area contributed by atoms with Gasteiger partial charge in [0.15, 0.2) is 11.9 Å². The van der Waals surface area contributed by atoms with Gasteiger partial charge in [0.2, 0.25) is 0 Å². The van der Waals surface area contributed by atoms with Gasteiger partial charge in [-0.1, -0.05) is 84.4 Å². The number of hydrogen-bond donors (Lipinski definition) is 1. The molecule has 5 nitrogen and oxygen atoms in total. The van der Waals surface area contributed by atoms with Crippen LogP contribution in [0.5, 0.6) is 0 Å². The summed E-state index contributed by atoms with van der Waals surface area (Å²) in [6.07, 6.45) is 3.29. The molecule has 1 heterocycles. The summed E-state index contributed by atoms with van der Waals surface area (Å²) in [5.74, 6) is -0.933. The molecule has 0 saturated heterocycles. The van der Waals surface area contributed by atoms with E-state index in [4.69, 9.17) is 9.84 Å². The number of nitrogens with zero attached hydrogens (tertiary/aromatic N) is 1. The van der Waals surface area contributed by atoms with E-state index in [1.54, 1.807) is 0 Å². The molecule has 35 heavy (non-hydrogen) atoms. The second-order valence-corrected chi connectivity index (χ2v) is 8.72. The average molecular weight is 468 g/mol. The third-order valence-electron chi connectivity index (χ3n) is 6.20. The van der Waals surface area contributed by atoms with Crippen molar-refractivity contribution in [2.24, 2.45) is 0 Å². The first-order valence-electron chi connectivity index (χ1n) is 11.6. The number of aliphatic carboxylic acids is 1. The Morgan fingerprint density at radius 1 is 0.971 bits per heavy atom. The zero-order valence-corrected chi connectivity index (χ0v) is 20.2. The summed E-state index contributed by atoms with van der Waals surface area (Å²) in [7, 11) is 0. The molecule has 0 radical (unpaired) electrons. The van der Waals surface area contributed by atoms with Crippen molar-refractivity contribution in [1.29, 1.82) is 0 Å². The third kappa shape index (κ3) is 5.42. The fourth-order valence-electron chi connectivity index (χ4n) is 4.11. The highest BCUT2D eigenvalue weighted by molar-refractivity contribution is 6.17. The zero-order chi connectivity index (χ0) is 24.9. The summed E-state index contributed by atoms with van der Waals surface area (Å²) in [4.78, 5) is 24.3. The van der Waals surface area contributed by atoms with Crippen molar-refractivity contribution in [3.8, 4) is 0 Å². The monoisotopic (exact) mass is 467 g/mol. The molecular weight excluding hydrogens is 438 g/mol. The van der Waals surface area contributed by atoms with Gasteiger partial charge in [-0.2, -0.15) is 0 Å². The van der Waals surface area contributed by atoms with Crippen LogP contribution in [0.3, 0.4) is 0 Å². The van der Waals surface area contributed by atoms with Crippen molar-refractivity contribution in [2.45, 2.75) is 40.0 Å². The molecule has 0 fully saturated rings. The predicted octanol–water partition coefficient (Wildman–Crippen LogP) is 6.19. The van der Waals surface area contributed by atoms with Crippen LogP contribution in [-0.4, -0.2) is 27.5 Å². The molecule has 1 aromatic heterocycles. The van der Waals surface area contributed by atoms with Crippen LogP contribution >= 0.6 is 0 Å². The van der Waals surface area contributed by atoms with Crippen molar-refractivity contribution in [1.82, 2.24) is 4.57 Å². The lowest BCUT2D eigenvalue weighted by atomic mass is 10.00. The minimum atomic E-state index is -0.971. The van der Waals surface area contributed by atoms with Crippen LogP contribution in [0.2, 0.25) is 0 Å². The van der Waals surface area contributed by atoms with E-state index in [0.29, 0.717) is 12.1 Å². The van der Waals surface area contributed by atoms with Gasteiger partial charge in [0, 0.05) is 28.7 Å². The quantitative estimate of drug-likeness (QED) is 0.298. The Labute approximate surface area is 205 Å². The number of fused-ring (bicyclic) bond motifs is 1. The van der Waals surface area contributed by atoms with Gasteiger partial charge < -0.3 is 14.4 Å². The summed E-state index contributed by atoms with van der Waals surface area (Å²) in [6, 6.07) is 23.6. The minimum absolute atomic E-state index is 0.0384. The number of aromatic nitrogens is 1. The molecule has 178 valence electrons. The third-order valence-corrected chi connectivity index (χ3v) is 6.20. The van der Waals surface area contributed by atoms with E-state index >= 15 is 0 Å². The Balaban J connectivity index is 1.53. The molecule has 3 aromatic carbocycles. The molecule has 0 aliphatic heterocycles. The van der Waals surface area contributed by atoms with Gasteiger partial charge in [-0.15, -0.1) is 0 Å². The van der Waals surface area contributed by atoms with Crippen LogP contribution in [0.4, 0.5) is 0 Å². The van der Waals surface area contributed by atoms with Gasteiger partial charge in [-0.25, -0.2) is 4.79 Å². The largest absolute Gasteiger partial charge is 0.479 e. The number of para-hydroxylation sites is 1. The second-order valence-electron chi connectivity index (χ2n) is 8.72. The van der Waals surface area contributed by atoms with Gasteiger partial charge in [-0.05, 0) is 38.0 Å². The predicted molar refractivity (Wildman–Crippen MR) is 139 cm³/mol. The molecule has 4 aromatic rings. The summed E-state index contributed by atoms with van der Waals surface area (Å²) in [5, 5.41) is 9.89. The number of rotatable bonds is 9. The maximum absolute atomic E-state index is 13.4. The molecule has 0 aliphatic rings. The Morgan fingerprint density at radius 2 is 1.66 bits per heavy atom. The van der Waals surface area contributed by atoms with Gasteiger partial charge in [-0.3, -0.25) is 4.79 Å². The van der Waals surface area contributed by atoms with E-state index in [0.717, 1.165) is 38.9 Å². The molecule has 1 atom stereocenters. The first kappa shape index (κ1) is 24.2. The van der Waals surface area contributed by atoms with Gasteiger partial charge in [0.05, 0.1) is 12.2 Å². The van der Waals surface area contributed by atoms with Crippen LogP contribution in [0.25, 0.3) is 17.0 Å². The number of hydrogen-bond acceptors (Lipinski definition) is 3. The molecule has 1 N–H and O–H groups in total. The Morgan fingerprint density at radius 3 is 2.34 bits per heavy atom. The molecule has 4 rings (SSSR count). The van der Waals surface area contributed by atoms with Crippen LogP contribution in [0.1, 0.15) is 45.2 Å². The molecule has 0 unspecified atom stereocenters. The summed E-state index contributed by atoms with van der Waals surface area (Å²) in [5.41, 5.74) is 6.50. The SMILES string of the molecule is Cc1ccc(C(=O)c2c(C)n(CC=Cc3ccc(CO[C@H](C)C(=O)O)cc3)c3ccccc23)cc1. The highest BCUT2D eigenvalue weighted by Gasteiger charge is 2.20. The highest BCUT2D eigenvalue weighted by atomic mass is 16.5. The maximum Gasteiger partial charge on any atom is 0.332 e. The summed E-state index contributed by atoms with van der Waals surface area (Å²) >= 11 is 0. The Kier molecular flexibility index (Phi) is 7.28. The molecule has 0 saturated carbocycles. The van der Waals surface area contributed by atoms with Gasteiger partial charge in [0.25, 0.3) is 0 Å². The lowest BCUT2D eigenvalue weighted by Crippen LogP contribution is -2.19. The van der Waals surface area contributed by atoms with Gasteiger partial charge in [0.1, 0.15) is 0 Å². The second kappa shape index (κ2) is 10.5. The molecule has 0 spiro atoms. The first-order valence-corrected chi connectivity index (χ1v) is 11.6. The number of allylic oxidation sites excluding steroid dienone is 1. The highest BCUT2D eigenvalue weighted by Crippen LogP contribution is 2.28. The van der Waals surface area contributed by atoms with E-state index in [1.807, 2.05) is 86.7 Å². The topological polar surface area (TPSA) is 68.5 Å². The number of ether oxygens (including phenoxy) is 1. The normalized spacial score (nSPS) is 12.3. The van der Waals surface area contributed by atoms with Crippen molar-refractivity contribution in [3.63, 3.8) is 0 Å². The summed E-state index contributed by atoms with van der Waals surface area (Å²) < 4.78 is 7.50. The van der Waals surface area contributed by atoms with E-state index < -0.39 is 12.1 Å². The van der Waals surface area contributed by atoms with E-state index in [1.165, 1.54) is 6.92 Å². The lowest BCUT2D eigenvalue weighted by Gasteiger charge is -2.08. The van der Waals surface area contributed by atoms with Gasteiger partial charge >= 0.3 is 5.97 Å². The lowest BCUT2D eigenvalue weighted by molar-refractivity contribution is -0.149. The Bertz CT molecular complexity index is 1380. The van der Waals surface area contributed by atoms with E-state index in [2.05, 4.69) is 16.7 Å². The number of benzene rings is 3. The molecule has 5 heteroatoms. The first-order chi connectivity index (χ1) is 16.8. The van der Waals surface area contributed by atoms with Crippen molar-refractivity contribution in [3.05, 3.63) is 112 Å². The number of carbonyl (C=O) groups excluding carboxylic acids is 1. The molecule has 0 bridgehead atoms. The molecule has 0 aliphatic carbocycles. The number of carboxylic acid groups (broad SMARTS) is 1. The fourth-order valence-corrected chi connectivity index (χ4v) is 4.11. The molecular formula is C30H29NO4. The smallest absolute Gasteiger partial charge is 0.332 e. The van der Waals surface area contributed by atoms with Crippen molar-refractivity contribution in [2.75, 3.05) is 0 Å². The minimum Gasteiger partial charge on any atom is -0.479 e. The van der Waals surface area contributed by atoms with Crippen LogP contribution < -0.4 is 0 Å². The molecule has 0 amide bonds. The van der Waals surface area contributed by atoms with Crippen molar-refractivity contribution >= 4 is 28.7 Å². The number of aryl methyl sites for hydroxylation is 1. The van der Waals surface area contributed by atoms with E-state index in [9.17, 15) is 9.59 Å².